The second-order valence-corrected chi connectivity index (χ2v) is 12.6. The Balaban J connectivity index is 1.35. The minimum Gasteiger partial charge on any atom is -0.484 e. The van der Waals surface area contributed by atoms with Crippen LogP contribution in [0, 0.1) is 12.8 Å². The van der Waals surface area contributed by atoms with Gasteiger partial charge in [0.05, 0.1) is 35.2 Å². The summed E-state index contributed by atoms with van der Waals surface area (Å²) < 4.78 is 67.5. The highest BCUT2D eigenvalue weighted by Gasteiger charge is 2.47. The summed E-state index contributed by atoms with van der Waals surface area (Å²) in [5.41, 5.74) is 2.49. The smallest absolute Gasteiger partial charge is 0.422 e. The first kappa shape index (κ1) is 26.3. The second-order valence-electron chi connectivity index (χ2n) is 10.5. The van der Waals surface area contributed by atoms with Crippen molar-refractivity contribution in [3.63, 3.8) is 0 Å². The minimum atomic E-state index is -4.46. The van der Waals surface area contributed by atoms with Crippen LogP contribution < -0.4 is 15.4 Å². The molecule has 2 amide bonds. The summed E-state index contributed by atoms with van der Waals surface area (Å²) in [4.78, 5) is 30.9. The predicted molar refractivity (Wildman–Crippen MR) is 136 cm³/mol. The van der Waals surface area contributed by atoms with Crippen molar-refractivity contribution in [3.05, 3.63) is 58.9 Å². The van der Waals surface area contributed by atoms with Crippen molar-refractivity contribution in [2.75, 3.05) is 23.4 Å². The van der Waals surface area contributed by atoms with Crippen molar-refractivity contribution in [1.82, 2.24) is 20.1 Å². The lowest BCUT2D eigenvalue weighted by atomic mass is 9.89. The van der Waals surface area contributed by atoms with Gasteiger partial charge in [0.2, 0.25) is 5.91 Å². The van der Waals surface area contributed by atoms with E-state index in [1.807, 2.05) is 13.0 Å². The number of nitrogens with one attached hydrogen (secondary N) is 2. The molecular weight excluding hydrogens is 551 g/mol. The molecule has 14 heteroatoms. The van der Waals surface area contributed by atoms with Gasteiger partial charge in [0.25, 0.3) is 5.91 Å². The first-order valence-corrected chi connectivity index (χ1v) is 14.4. The number of amides is 2. The zero-order valence-electron chi connectivity index (χ0n) is 21.2. The third-order valence-corrected chi connectivity index (χ3v) is 9.26. The van der Waals surface area contributed by atoms with E-state index in [0.717, 1.165) is 16.7 Å². The number of sulfone groups is 1. The lowest BCUT2D eigenvalue weighted by Gasteiger charge is -2.36. The van der Waals surface area contributed by atoms with Crippen LogP contribution in [-0.4, -0.2) is 59.3 Å². The fourth-order valence-electron chi connectivity index (χ4n) is 5.50. The van der Waals surface area contributed by atoms with Crippen LogP contribution in [0.1, 0.15) is 33.6 Å². The Hall–Kier alpha value is -3.94. The molecule has 2 N–H and O–H groups in total. The number of hydrogen-bond donors (Lipinski definition) is 2. The predicted octanol–water partition coefficient (Wildman–Crippen LogP) is 2.76. The molecule has 2 aliphatic heterocycles. The van der Waals surface area contributed by atoms with Gasteiger partial charge in [-0.15, -0.1) is 0 Å². The molecule has 10 nitrogen and oxygen atoms in total. The summed E-state index contributed by atoms with van der Waals surface area (Å²) in [6.45, 7) is 0.667. The van der Waals surface area contributed by atoms with Gasteiger partial charge in [-0.25, -0.2) is 8.42 Å². The molecule has 6 rings (SSSR count). The number of rotatable bonds is 5. The maximum Gasteiger partial charge on any atom is 0.422 e. The molecule has 1 aromatic carbocycles. The maximum atomic E-state index is 13.6. The largest absolute Gasteiger partial charge is 0.484 e. The molecular formula is C26H24F3N5O5S. The first-order valence-electron chi connectivity index (χ1n) is 12.5. The van der Waals surface area contributed by atoms with Gasteiger partial charge >= 0.3 is 6.18 Å². The van der Waals surface area contributed by atoms with E-state index in [9.17, 15) is 31.2 Å². The number of hydrogen-bond acceptors (Lipinski definition) is 7. The highest BCUT2D eigenvalue weighted by Crippen LogP contribution is 2.44. The van der Waals surface area contributed by atoms with E-state index in [1.165, 1.54) is 10.7 Å². The van der Waals surface area contributed by atoms with Crippen LogP contribution in [0.15, 0.2) is 36.5 Å². The topological polar surface area (TPSA) is 132 Å². The van der Waals surface area contributed by atoms with E-state index >= 15 is 0 Å². The Kier molecular flexibility index (Phi) is 5.94. The van der Waals surface area contributed by atoms with Gasteiger partial charge in [0.15, 0.2) is 22.1 Å². The fourth-order valence-corrected chi connectivity index (χ4v) is 6.93. The van der Waals surface area contributed by atoms with Crippen LogP contribution >= 0.6 is 0 Å². The molecule has 0 radical (unpaired) electrons. The van der Waals surface area contributed by atoms with E-state index in [1.54, 1.807) is 24.4 Å². The quantitative estimate of drug-likeness (QED) is 0.478. The van der Waals surface area contributed by atoms with Gasteiger partial charge in [0, 0.05) is 6.20 Å². The highest BCUT2D eigenvalue weighted by atomic mass is 32.2. The van der Waals surface area contributed by atoms with Crippen molar-refractivity contribution in [1.29, 1.82) is 0 Å². The minimum absolute atomic E-state index is 0.0887. The molecule has 3 aromatic rings. The summed E-state index contributed by atoms with van der Waals surface area (Å²) in [6.07, 6.45) is -1.85. The number of aryl methyl sites for hydroxylation is 2. The number of aromatic nitrogens is 3. The molecule has 0 saturated carbocycles. The maximum absolute atomic E-state index is 13.6. The van der Waals surface area contributed by atoms with Gasteiger partial charge in [-0.2, -0.15) is 18.3 Å². The molecule has 0 unspecified atom stereocenters. The third-order valence-electron chi connectivity index (χ3n) is 7.44. The Morgan fingerprint density at radius 1 is 1.25 bits per heavy atom. The molecule has 0 bridgehead atoms. The van der Waals surface area contributed by atoms with Crippen molar-refractivity contribution in [3.8, 4) is 17.1 Å². The van der Waals surface area contributed by atoms with Crippen molar-refractivity contribution >= 4 is 27.3 Å². The molecule has 1 aliphatic carbocycles. The Morgan fingerprint density at radius 3 is 2.70 bits per heavy atom. The van der Waals surface area contributed by atoms with Crippen LogP contribution in [0.5, 0.6) is 5.75 Å². The number of carbonyl (C=O) groups is 2. The van der Waals surface area contributed by atoms with Crippen molar-refractivity contribution < 1.29 is 35.9 Å². The molecule has 1 spiro atoms. The van der Waals surface area contributed by atoms with Crippen LogP contribution in [0.4, 0.5) is 18.9 Å². The van der Waals surface area contributed by atoms with E-state index in [0.29, 0.717) is 18.5 Å². The van der Waals surface area contributed by atoms with Crippen LogP contribution in [0.3, 0.4) is 0 Å². The number of halogens is 3. The average Bonchev–Trinajstić information content (AvgIpc) is 3.39. The number of alkyl halides is 3. The van der Waals surface area contributed by atoms with Gasteiger partial charge in [-0.1, -0.05) is 12.1 Å². The van der Waals surface area contributed by atoms with Gasteiger partial charge in [-0.05, 0) is 54.7 Å². The number of nitrogens with zero attached hydrogens (tertiary/aromatic N) is 3. The molecule has 1 fully saturated rings. The zero-order chi connectivity index (χ0) is 28.4. The number of ether oxygens (including phenoxy) is 1. The highest BCUT2D eigenvalue weighted by molar-refractivity contribution is 7.92. The lowest BCUT2D eigenvalue weighted by Crippen LogP contribution is -2.52. The zero-order valence-corrected chi connectivity index (χ0v) is 22.0. The molecule has 1 saturated heterocycles. The normalized spacial score (nSPS) is 21.4. The van der Waals surface area contributed by atoms with Crippen LogP contribution in [0.2, 0.25) is 0 Å². The summed E-state index contributed by atoms with van der Waals surface area (Å²) in [6, 6.07) is 8.19. The number of benzene rings is 1. The lowest BCUT2D eigenvalue weighted by molar-refractivity contribution is -0.153. The van der Waals surface area contributed by atoms with Crippen LogP contribution in [0.25, 0.3) is 11.4 Å². The Morgan fingerprint density at radius 2 is 2.02 bits per heavy atom. The summed E-state index contributed by atoms with van der Waals surface area (Å²) >= 11 is 0. The van der Waals surface area contributed by atoms with Crippen molar-refractivity contribution in [2.45, 2.75) is 38.0 Å². The molecule has 3 aliphatic rings. The SMILES string of the molecule is Cc1ccc(-c2nn3c(c2NC(=O)C2CS(=O)(=O)C2)C(=O)N[C@]2(CCc4cc(OCC(F)(F)F)ccc42)C3)nc1. The molecule has 2 aromatic heterocycles. The number of carbonyl (C=O) groups excluding carboxylic acids is 2. The fraction of sp³-hybridized carbons (Fsp3) is 0.385. The molecule has 40 heavy (non-hydrogen) atoms. The molecule has 4 heterocycles. The second kappa shape index (κ2) is 9.04. The first-order chi connectivity index (χ1) is 18.8. The van der Waals surface area contributed by atoms with E-state index in [-0.39, 0.29) is 40.9 Å². The summed E-state index contributed by atoms with van der Waals surface area (Å²) in [5, 5.41) is 10.4. The Labute approximate surface area is 226 Å². The standard InChI is InChI=1S/C26H24F3N5O5S/c1-14-2-5-19(30-9-14)20-21(31-23(35)16-10-40(37,38)11-16)22-24(36)32-25(12-34(22)33-20)7-6-15-8-17(3-4-18(15)25)39-13-26(27,28)29/h2-5,8-9,16H,6-7,10-13H2,1H3,(H,31,35)(H,32,36)/t25-/m1/s1. The van der Waals surface area contributed by atoms with E-state index < -0.39 is 45.9 Å². The average molecular weight is 576 g/mol. The van der Waals surface area contributed by atoms with E-state index in [4.69, 9.17) is 4.74 Å². The molecule has 210 valence electrons. The van der Waals surface area contributed by atoms with Gasteiger partial charge < -0.3 is 15.4 Å². The van der Waals surface area contributed by atoms with E-state index in [2.05, 4.69) is 20.7 Å². The van der Waals surface area contributed by atoms with Crippen molar-refractivity contribution in [2.24, 2.45) is 5.92 Å². The van der Waals surface area contributed by atoms with Gasteiger partial charge in [0.1, 0.15) is 17.1 Å². The number of fused-ring (bicyclic) bond motifs is 3. The van der Waals surface area contributed by atoms with Gasteiger partial charge in [-0.3, -0.25) is 19.3 Å². The molecule has 1 atom stereocenters. The number of anilines is 1. The number of pyridine rings is 1. The van der Waals surface area contributed by atoms with Crippen LogP contribution in [-0.2, 0) is 33.1 Å². The summed E-state index contributed by atoms with van der Waals surface area (Å²) in [5.74, 6) is -2.19. The Bertz CT molecular complexity index is 1640. The third kappa shape index (κ3) is 4.69. The summed E-state index contributed by atoms with van der Waals surface area (Å²) in [7, 11) is -3.25. The monoisotopic (exact) mass is 575 g/mol.